The molecule has 204 valence electrons. The summed E-state index contributed by atoms with van der Waals surface area (Å²) in [7, 11) is 1.76. The minimum absolute atomic E-state index is 0.174. The first-order valence-electron chi connectivity index (χ1n) is 12.6. The zero-order chi connectivity index (χ0) is 27.1. The number of carbonyl (C=O) groups is 4. The van der Waals surface area contributed by atoms with Gasteiger partial charge in [0.15, 0.2) is 0 Å². The molecule has 1 aromatic carbocycles. The summed E-state index contributed by atoms with van der Waals surface area (Å²) in [5.74, 6) is -0.811. The predicted octanol–water partition coefficient (Wildman–Crippen LogP) is 1.78. The Bertz CT molecular complexity index is 968. The second-order valence-corrected chi connectivity index (χ2v) is 10.2. The maximum absolute atomic E-state index is 13.1. The lowest BCUT2D eigenvalue weighted by Crippen LogP contribution is -2.60. The van der Waals surface area contributed by atoms with Crippen LogP contribution in [0.4, 0.5) is 9.59 Å². The molecule has 4 N–H and O–H groups in total. The van der Waals surface area contributed by atoms with Crippen molar-refractivity contribution in [3.8, 4) is 0 Å². The number of nitrogens with one attached hydrogen (secondary N) is 4. The molecule has 12 heteroatoms. The van der Waals surface area contributed by atoms with Gasteiger partial charge in [0.25, 0.3) is 5.91 Å². The largest absolute Gasteiger partial charge is 0.444 e. The SMILES string of the molecule is CNC12CCC(C(=O)NNC(=O)CCCCNC(=O)OC(C)(C)C)N(C1)C(=O)N2OCc1ccccc1. The molecule has 1 aromatic rings. The molecule has 0 spiro atoms. The van der Waals surface area contributed by atoms with Crippen molar-refractivity contribution >= 4 is 23.9 Å². The van der Waals surface area contributed by atoms with E-state index in [-0.39, 0.29) is 25.5 Å². The number of hydrogen-bond acceptors (Lipinski definition) is 7. The highest BCUT2D eigenvalue weighted by Crippen LogP contribution is 2.37. The molecule has 2 saturated heterocycles. The van der Waals surface area contributed by atoms with Crippen molar-refractivity contribution in [1.29, 1.82) is 0 Å². The number of carbonyl (C=O) groups excluding carboxylic acids is 4. The van der Waals surface area contributed by atoms with E-state index < -0.39 is 35.3 Å². The topological polar surface area (TPSA) is 141 Å². The van der Waals surface area contributed by atoms with Gasteiger partial charge >= 0.3 is 12.1 Å². The third kappa shape index (κ3) is 7.56. The first-order chi connectivity index (χ1) is 17.5. The van der Waals surface area contributed by atoms with Crippen LogP contribution in [-0.4, -0.2) is 71.3 Å². The fraction of sp³-hybridized carbons (Fsp3) is 0.600. The van der Waals surface area contributed by atoms with E-state index in [0.29, 0.717) is 32.2 Å². The van der Waals surface area contributed by atoms with Gasteiger partial charge in [-0.3, -0.25) is 30.6 Å². The second kappa shape index (κ2) is 12.2. The van der Waals surface area contributed by atoms with Crippen molar-refractivity contribution in [2.75, 3.05) is 20.1 Å². The van der Waals surface area contributed by atoms with Gasteiger partial charge in [0.1, 0.15) is 23.9 Å². The molecule has 2 atom stereocenters. The van der Waals surface area contributed by atoms with Gasteiger partial charge in [0.05, 0.1) is 6.54 Å². The van der Waals surface area contributed by atoms with Gasteiger partial charge in [0, 0.05) is 13.0 Å². The fourth-order valence-electron chi connectivity index (χ4n) is 4.33. The summed E-state index contributed by atoms with van der Waals surface area (Å²) in [6.45, 7) is 6.24. The molecular weight excluding hydrogens is 480 g/mol. The Labute approximate surface area is 217 Å². The smallest absolute Gasteiger partial charge is 0.407 e. The highest BCUT2D eigenvalue weighted by molar-refractivity contribution is 5.90. The molecule has 2 unspecified atom stereocenters. The molecule has 2 aliphatic heterocycles. The van der Waals surface area contributed by atoms with Crippen molar-refractivity contribution < 1.29 is 28.8 Å². The van der Waals surface area contributed by atoms with Crippen LogP contribution >= 0.6 is 0 Å². The lowest BCUT2D eigenvalue weighted by Gasteiger charge is -2.38. The van der Waals surface area contributed by atoms with Gasteiger partial charge in [-0.15, -0.1) is 0 Å². The first kappa shape index (κ1) is 28.2. The van der Waals surface area contributed by atoms with Crippen molar-refractivity contribution in [3.63, 3.8) is 0 Å². The lowest BCUT2D eigenvalue weighted by atomic mass is 9.95. The van der Waals surface area contributed by atoms with Gasteiger partial charge < -0.3 is 15.0 Å². The molecule has 0 saturated carbocycles. The minimum Gasteiger partial charge on any atom is -0.444 e. The molecule has 12 nitrogen and oxygen atoms in total. The molecule has 37 heavy (non-hydrogen) atoms. The van der Waals surface area contributed by atoms with Crippen molar-refractivity contribution in [3.05, 3.63) is 35.9 Å². The van der Waals surface area contributed by atoms with E-state index in [9.17, 15) is 19.2 Å². The van der Waals surface area contributed by atoms with E-state index >= 15 is 0 Å². The van der Waals surface area contributed by atoms with Gasteiger partial charge in [-0.2, -0.15) is 5.06 Å². The number of unbranched alkanes of at least 4 members (excludes halogenated alkanes) is 1. The van der Waals surface area contributed by atoms with Crippen LogP contribution in [0.5, 0.6) is 0 Å². The number of alkyl carbamates (subject to hydrolysis) is 1. The molecule has 3 rings (SSSR count). The second-order valence-electron chi connectivity index (χ2n) is 10.2. The Hall–Kier alpha value is -3.38. The van der Waals surface area contributed by atoms with Crippen LogP contribution in [-0.2, 0) is 25.8 Å². The summed E-state index contributed by atoms with van der Waals surface area (Å²) < 4.78 is 5.15. The molecule has 5 amide bonds. The predicted molar refractivity (Wildman–Crippen MR) is 134 cm³/mol. The maximum Gasteiger partial charge on any atom is 0.407 e. The molecule has 0 aromatic heterocycles. The number of nitrogens with zero attached hydrogens (tertiary/aromatic N) is 2. The number of hydrazine groups is 1. The first-order valence-corrected chi connectivity index (χ1v) is 12.6. The Morgan fingerprint density at radius 3 is 2.51 bits per heavy atom. The number of likely N-dealkylation sites (N-methyl/N-ethyl adjacent to an activating group) is 1. The van der Waals surface area contributed by atoms with Crippen LogP contribution in [0, 0.1) is 0 Å². The highest BCUT2D eigenvalue weighted by atomic mass is 16.7. The number of fused-ring (bicyclic) bond motifs is 2. The lowest BCUT2D eigenvalue weighted by molar-refractivity contribution is -0.184. The normalized spacial score (nSPS) is 21.0. The molecule has 2 heterocycles. The third-order valence-corrected chi connectivity index (χ3v) is 6.24. The maximum atomic E-state index is 13.1. The van der Waals surface area contributed by atoms with E-state index in [0.717, 1.165) is 5.56 Å². The number of amides is 5. The molecule has 0 aliphatic carbocycles. The average molecular weight is 519 g/mol. The Balaban J connectivity index is 1.41. The third-order valence-electron chi connectivity index (χ3n) is 6.24. The van der Waals surface area contributed by atoms with Crippen molar-refractivity contribution in [2.24, 2.45) is 0 Å². The molecule has 2 aliphatic rings. The Kier molecular flexibility index (Phi) is 9.33. The van der Waals surface area contributed by atoms with Crippen LogP contribution in [0.25, 0.3) is 0 Å². The standard InChI is InChI=1S/C25H38N6O6/c1-24(2,3)37-22(34)27-15-9-8-12-20(32)28-29-21(33)19-13-14-25(26-4)17-30(19)23(35)31(25)36-16-18-10-6-5-7-11-18/h5-7,10-11,19,26H,8-9,12-17H2,1-4H3,(H,27,34)(H,28,32)(H,29,33). The summed E-state index contributed by atoms with van der Waals surface area (Å²) in [6, 6.07) is 8.41. The zero-order valence-corrected chi connectivity index (χ0v) is 22.0. The quantitative estimate of drug-likeness (QED) is 0.273. The van der Waals surface area contributed by atoms with Crippen LogP contribution in [0.1, 0.15) is 58.4 Å². The van der Waals surface area contributed by atoms with Crippen LogP contribution in [0.15, 0.2) is 30.3 Å². The van der Waals surface area contributed by atoms with E-state index in [1.54, 1.807) is 27.8 Å². The number of piperidine rings is 1. The summed E-state index contributed by atoms with van der Waals surface area (Å²) in [6.07, 6.45) is 1.69. The average Bonchev–Trinajstić information content (AvgIpc) is 3.07. The molecule has 0 radical (unpaired) electrons. The van der Waals surface area contributed by atoms with E-state index in [4.69, 9.17) is 9.57 Å². The van der Waals surface area contributed by atoms with E-state index in [1.165, 1.54) is 9.96 Å². The minimum atomic E-state index is -0.724. The number of hydrogen-bond donors (Lipinski definition) is 4. The van der Waals surface area contributed by atoms with E-state index in [1.807, 2.05) is 30.3 Å². The van der Waals surface area contributed by atoms with Gasteiger partial charge in [-0.1, -0.05) is 30.3 Å². The summed E-state index contributed by atoms with van der Waals surface area (Å²) in [5.41, 5.74) is 4.49. The van der Waals surface area contributed by atoms with Crippen LogP contribution in [0.3, 0.4) is 0 Å². The number of benzene rings is 1. The molecular formula is C25H38N6O6. The number of urea groups is 1. The monoisotopic (exact) mass is 518 g/mol. The van der Waals surface area contributed by atoms with Gasteiger partial charge in [-0.05, 0) is 59.1 Å². The number of rotatable bonds is 10. The van der Waals surface area contributed by atoms with E-state index in [2.05, 4.69) is 21.5 Å². The highest BCUT2D eigenvalue weighted by Gasteiger charge is 2.57. The van der Waals surface area contributed by atoms with Gasteiger partial charge in [-0.25, -0.2) is 9.59 Å². The molecule has 2 bridgehead atoms. The van der Waals surface area contributed by atoms with Crippen molar-refractivity contribution in [2.45, 2.75) is 76.8 Å². The summed E-state index contributed by atoms with van der Waals surface area (Å²) >= 11 is 0. The number of hydroxylamine groups is 2. The number of ether oxygens (including phenoxy) is 1. The van der Waals surface area contributed by atoms with Gasteiger partial charge in [0.2, 0.25) is 5.91 Å². The molecule has 2 fully saturated rings. The zero-order valence-electron chi connectivity index (χ0n) is 22.0. The Morgan fingerprint density at radius 2 is 1.84 bits per heavy atom. The fourth-order valence-corrected chi connectivity index (χ4v) is 4.33. The summed E-state index contributed by atoms with van der Waals surface area (Å²) in [4.78, 5) is 57.1. The van der Waals surface area contributed by atoms with Crippen LogP contribution in [0.2, 0.25) is 0 Å². The van der Waals surface area contributed by atoms with Crippen LogP contribution < -0.4 is 21.5 Å². The summed E-state index contributed by atoms with van der Waals surface area (Å²) in [5, 5.41) is 7.16. The van der Waals surface area contributed by atoms with Crippen molar-refractivity contribution in [1.82, 2.24) is 31.4 Å². The Morgan fingerprint density at radius 1 is 1.11 bits per heavy atom.